The SMILES string of the molecule is [c]1ccc2c(c1)ccn2Cc1ccncc1. The van der Waals surface area contributed by atoms with Crippen LogP contribution >= 0.6 is 0 Å². The summed E-state index contributed by atoms with van der Waals surface area (Å²) < 4.78 is 2.23. The van der Waals surface area contributed by atoms with Crippen LogP contribution in [-0.2, 0) is 6.54 Å². The van der Waals surface area contributed by atoms with Gasteiger partial charge in [-0.05, 0) is 42.0 Å². The molecule has 1 aromatic carbocycles. The quantitative estimate of drug-likeness (QED) is 0.631. The van der Waals surface area contributed by atoms with Crippen molar-refractivity contribution < 1.29 is 0 Å². The van der Waals surface area contributed by atoms with Crippen molar-refractivity contribution in [2.75, 3.05) is 0 Å². The molecule has 0 fully saturated rings. The zero-order valence-electron chi connectivity index (χ0n) is 8.80. The second-order valence-electron chi connectivity index (χ2n) is 3.78. The fraction of sp³-hybridized carbons (Fsp3) is 0.0714. The van der Waals surface area contributed by atoms with Crippen LogP contribution in [0.15, 0.2) is 55.0 Å². The number of nitrogens with zero attached hydrogens (tertiary/aromatic N) is 2. The molecule has 0 aliphatic heterocycles. The van der Waals surface area contributed by atoms with Crippen LogP contribution in [0.2, 0.25) is 0 Å². The third kappa shape index (κ3) is 1.58. The van der Waals surface area contributed by atoms with E-state index in [1.54, 1.807) is 0 Å². The third-order valence-electron chi connectivity index (χ3n) is 2.72. The lowest BCUT2D eigenvalue weighted by Gasteiger charge is -2.04. The summed E-state index contributed by atoms with van der Waals surface area (Å²) in [6, 6.07) is 15.3. The van der Waals surface area contributed by atoms with E-state index in [1.807, 2.05) is 36.7 Å². The second kappa shape index (κ2) is 3.81. The molecule has 0 bridgehead atoms. The smallest absolute Gasteiger partial charge is 0.0483 e. The van der Waals surface area contributed by atoms with Gasteiger partial charge >= 0.3 is 0 Å². The van der Waals surface area contributed by atoms with E-state index in [0.717, 1.165) is 6.54 Å². The standard InChI is InChI=1S/C14H11N2/c1-2-4-14-13(3-1)7-10-16(14)11-12-5-8-15-9-6-12/h2-10H,11H2. The fourth-order valence-electron chi connectivity index (χ4n) is 1.90. The highest BCUT2D eigenvalue weighted by atomic mass is 14.9. The van der Waals surface area contributed by atoms with Gasteiger partial charge in [0.1, 0.15) is 0 Å². The minimum atomic E-state index is 0.885. The molecule has 2 nitrogen and oxygen atoms in total. The molecular formula is C14H11N2. The molecule has 2 heterocycles. The molecule has 0 aliphatic rings. The summed E-state index contributed by atoms with van der Waals surface area (Å²) in [6.45, 7) is 0.885. The summed E-state index contributed by atoms with van der Waals surface area (Å²) in [7, 11) is 0. The summed E-state index contributed by atoms with van der Waals surface area (Å²) >= 11 is 0. The van der Waals surface area contributed by atoms with Crippen molar-refractivity contribution in [1.29, 1.82) is 0 Å². The van der Waals surface area contributed by atoms with Gasteiger partial charge in [-0.25, -0.2) is 0 Å². The average molecular weight is 207 g/mol. The van der Waals surface area contributed by atoms with Crippen molar-refractivity contribution in [2.45, 2.75) is 6.54 Å². The van der Waals surface area contributed by atoms with E-state index in [4.69, 9.17) is 0 Å². The van der Waals surface area contributed by atoms with Gasteiger partial charge in [0.05, 0.1) is 0 Å². The summed E-state index contributed by atoms with van der Waals surface area (Å²) in [5.74, 6) is 0. The molecule has 2 heteroatoms. The molecule has 0 atom stereocenters. The Morgan fingerprint density at radius 2 is 2.00 bits per heavy atom. The Hall–Kier alpha value is -2.09. The van der Waals surface area contributed by atoms with E-state index >= 15 is 0 Å². The van der Waals surface area contributed by atoms with Crippen molar-refractivity contribution in [3.63, 3.8) is 0 Å². The lowest BCUT2D eigenvalue weighted by molar-refractivity contribution is 0.835. The van der Waals surface area contributed by atoms with Crippen LogP contribution in [-0.4, -0.2) is 9.55 Å². The zero-order chi connectivity index (χ0) is 10.8. The van der Waals surface area contributed by atoms with E-state index in [0.29, 0.717) is 0 Å². The van der Waals surface area contributed by atoms with E-state index in [9.17, 15) is 0 Å². The highest BCUT2D eigenvalue weighted by Crippen LogP contribution is 2.16. The summed E-state index contributed by atoms with van der Waals surface area (Å²) in [5, 5.41) is 1.23. The van der Waals surface area contributed by atoms with Gasteiger partial charge in [-0.3, -0.25) is 4.98 Å². The first kappa shape index (κ1) is 9.16. The van der Waals surface area contributed by atoms with Crippen molar-refractivity contribution in [2.24, 2.45) is 0 Å². The van der Waals surface area contributed by atoms with Crippen LogP contribution in [0.5, 0.6) is 0 Å². The minimum absolute atomic E-state index is 0.885. The summed E-state index contributed by atoms with van der Waals surface area (Å²) in [5.41, 5.74) is 2.51. The van der Waals surface area contributed by atoms with Gasteiger partial charge in [0, 0.05) is 36.0 Å². The minimum Gasteiger partial charge on any atom is -0.343 e. The van der Waals surface area contributed by atoms with Gasteiger partial charge in [-0.15, -0.1) is 0 Å². The van der Waals surface area contributed by atoms with Crippen molar-refractivity contribution >= 4 is 10.9 Å². The van der Waals surface area contributed by atoms with Crippen LogP contribution in [0.25, 0.3) is 10.9 Å². The highest BCUT2D eigenvalue weighted by molar-refractivity contribution is 5.79. The van der Waals surface area contributed by atoms with Gasteiger partial charge in [0.15, 0.2) is 0 Å². The molecule has 0 N–H and O–H groups in total. The zero-order valence-corrected chi connectivity index (χ0v) is 8.80. The first-order valence-electron chi connectivity index (χ1n) is 5.27. The van der Waals surface area contributed by atoms with Crippen LogP contribution in [0, 0.1) is 6.07 Å². The molecule has 0 spiro atoms. The molecule has 2 aromatic heterocycles. The molecule has 77 valence electrons. The fourth-order valence-corrected chi connectivity index (χ4v) is 1.90. The molecule has 0 saturated carbocycles. The first-order chi connectivity index (χ1) is 7.93. The van der Waals surface area contributed by atoms with Gasteiger partial charge in [-0.2, -0.15) is 0 Å². The molecule has 16 heavy (non-hydrogen) atoms. The van der Waals surface area contributed by atoms with E-state index in [1.165, 1.54) is 16.5 Å². The molecule has 0 amide bonds. The third-order valence-corrected chi connectivity index (χ3v) is 2.72. The summed E-state index contributed by atoms with van der Waals surface area (Å²) in [6.07, 6.45) is 5.77. The number of pyridine rings is 1. The highest BCUT2D eigenvalue weighted by Gasteiger charge is 2.00. The Morgan fingerprint density at radius 3 is 2.88 bits per heavy atom. The van der Waals surface area contributed by atoms with E-state index in [-0.39, 0.29) is 0 Å². The Kier molecular flexibility index (Phi) is 2.18. The maximum Gasteiger partial charge on any atom is 0.0483 e. The monoisotopic (exact) mass is 207 g/mol. The van der Waals surface area contributed by atoms with Crippen LogP contribution < -0.4 is 0 Å². The number of rotatable bonds is 2. The topological polar surface area (TPSA) is 17.8 Å². The lowest BCUT2D eigenvalue weighted by Crippen LogP contribution is -1.97. The number of fused-ring (bicyclic) bond motifs is 1. The number of benzene rings is 1. The average Bonchev–Trinajstić information content (AvgIpc) is 2.74. The van der Waals surface area contributed by atoms with Gasteiger partial charge in [0.2, 0.25) is 0 Å². The maximum atomic E-state index is 4.02. The normalized spacial score (nSPS) is 10.8. The largest absolute Gasteiger partial charge is 0.343 e. The number of hydrogen-bond donors (Lipinski definition) is 0. The lowest BCUT2D eigenvalue weighted by atomic mass is 10.2. The maximum absolute atomic E-state index is 4.02. The second-order valence-corrected chi connectivity index (χ2v) is 3.78. The Labute approximate surface area is 94.2 Å². The molecule has 3 rings (SSSR count). The first-order valence-corrected chi connectivity index (χ1v) is 5.27. The van der Waals surface area contributed by atoms with E-state index in [2.05, 4.69) is 33.9 Å². The van der Waals surface area contributed by atoms with Gasteiger partial charge in [-0.1, -0.05) is 6.07 Å². The van der Waals surface area contributed by atoms with Crippen molar-refractivity contribution in [3.05, 3.63) is 66.6 Å². The van der Waals surface area contributed by atoms with Gasteiger partial charge in [0.25, 0.3) is 0 Å². The number of aromatic nitrogens is 2. The van der Waals surface area contributed by atoms with E-state index < -0.39 is 0 Å². The Balaban J connectivity index is 2.01. The predicted octanol–water partition coefficient (Wildman–Crippen LogP) is 2.88. The molecule has 3 aromatic rings. The Bertz CT molecular complexity index is 596. The van der Waals surface area contributed by atoms with Crippen LogP contribution in [0.1, 0.15) is 5.56 Å². The molecular weight excluding hydrogens is 196 g/mol. The molecule has 0 unspecified atom stereocenters. The summed E-state index contributed by atoms with van der Waals surface area (Å²) in [4.78, 5) is 4.02. The molecule has 0 aliphatic carbocycles. The Morgan fingerprint density at radius 1 is 1.12 bits per heavy atom. The predicted molar refractivity (Wildman–Crippen MR) is 64.1 cm³/mol. The number of hydrogen-bond acceptors (Lipinski definition) is 1. The van der Waals surface area contributed by atoms with Crippen LogP contribution in [0.4, 0.5) is 0 Å². The van der Waals surface area contributed by atoms with Crippen molar-refractivity contribution in [3.8, 4) is 0 Å². The molecule has 1 radical (unpaired) electrons. The van der Waals surface area contributed by atoms with Crippen molar-refractivity contribution in [1.82, 2.24) is 9.55 Å². The molecule has 0 saturated heterocycles. The van der Waals surface area contributed by atoms with Gasteiger partial charge < -0.3 is 4.57 Å². The van der Waals surface area contributed by atoms with Crippen LogP contribution in [0.3, 0.4) is 0 Å².